The van der Waals surface area contributed by atoms with Gasteiger partial charge < -0.3 is 10.8 Å². The van der Waals surface area contributed by atoms with E-state index < -0.39 is 5.72 Å². The van der Waals surface area contributed by atoms with E-state index >= 15 is 0 Å². The second-order valence-electron chi connectivity index (χ2n) is 4.69. The lowest BCUT2D eigenvalue weighted by Gasteiger charge is -2.30. The van der Waals surface area contributed by atoms with Gasteiger partial charge in [0.05, 0.1) is 0 Å². The molecule has 0 aromatic heterocycles. The Morgan fingerprint density at radius 1 is 1.40 bits per heavy atom. The summed E-state index contributed by atoms with van der Waals surface area (Å²) in [5, 5.41) is 10.1. The number of nitrogens with two attached hydrogens (primary N) is 1. The van der Waals surface area contributed by atoms with Crippen LogP contribution in [0.2, 0.25) is 0 Å². The fourth-order valence-electron chi connectivity index (χ4n) is 2.71. The summed E-state index contributed by atoms with van der Waals surface area (Å²) in [6.45, 7) is 2.16. The highest BCUT2D eigenvalue weighted by atomic mass is 16.3. The Labute approximate surface area is 91.1 Å². The molecule has 3 atom stereocenters. The summed E-state index contributed by atoms with van der Waals surface area (Å²) in [6.07, 6.45) is 2.80. The summed E-state index contributed by atoms with van der Waals surface area (Å²) in [6, 6.07) is 10.3. The van der Waals surface area contributed by atoms with Crippen LogP contribution in [0.3, 0.4) is 0 Å². The Kier molecular flexibility index (Phi) is 2.81. The molecule has 1 saturated carbocycles. The van der Waals surface area contributed by atoms with Crippen molar-refractivity contribution in [3.63, 3.8) is 0 Å². The molecule has 2 nitrogen and oxygen atoms in total. The number of rotatable bonds is 2. The predicted octanol–water partition coefficient (Wildman–Crippen LogP) is 2.24. The molecule has 1 aromatic rings. The Hall–Kier alpha value is -0.860. The van der Waals surface area contributed by atoms with Crippen molar-refractivity contribution in [2.45, 2.75) is 37.8 Å². The zero-order chi connectivity index (χ0) is 10.9. The average Bonchev–Trinajstić information content (AvgIpc) is 2.58. The van der Waals surface area contributed by atoms with Crippen LogP contribution in [0.5, 0.6) is 0 Å². The SMILES string of the molecule is CC(c1ccccc1)C1CCCC1(N)O. The van der Waals surface area contributed by atoms with E-state index in [1.54, 1.807) is 0 Å². The van der Waals surface area contributed by atoms with Gasteiger partial charge in [-0.05, 0) is 30.7 Å². The van der Waals surface area contributed by atoms with Crippen molar-refractivity contribution < 1.29 is 5.11 Å². The van der Waals surface area contributed by atoms with E-state index in [0.717, 1.165) is 19.3 Å². The molecule has 1 aromatic carbocycles. The second kappa shape index (κ2) is 3.95. The van der Waals surface area contributed by atoms with Gasteiger partial charge in [0.1, 0.15) is 5.72 Å². The molecule has 1 aliphatic carbocycles. The van der Waals surface area contributed by atoms with Gasteiger partial charge in [-0.3, -0.25) is 0 Å². The first kappa shape index (κ1) is 10.7. The largest absolute Gasteiger partial charge is 0.376 e. The number of benzene rings is 1. The molecule has 3 N–H and O–H groups in total. The average molecular weight is 205 g/mol. The normalized spacial score (nSPS) is 32.9. The lowest BCUT2D eigenvalue weighted by Crippen LogP contribution is -2.45. The van der Waals surface area contributed by atoms with E-state index in [1.807, 2.05) is 18.2 Å². The molecule has 2 heteroatoms. The molecule has 0 saturated heterocycles. The third-order valence-electron chi connectivity index (χ3n) is 3.66. The Morgan fingerprint density at radius 2 is 2.07 bits per heavy atom. The van der Waals surface area contributed by atoms with Crippen LogP contribution >= 0.6 is 0 Å². The first-order valence-corrected chi connectivity index (χ1v) is 5.67. The van der Waals surface area contributed by atoms with Gasteiger partial charge in [0.2, 0.25) is 0 Å². The molecule has 15 heavy (non-hydrogen) atoms. The molecular weight excluding hydrogens is 186 g/mol. The third kappa shape index (κ3) is 2.06. The smallest absolute Gasteiger partial charge is 0.116 e. The standard InChI is InChI=1S/C13H19NO/c1-10(11-6-3-2-4-7-11)12-8-5-9-13(12,14)15/h2-4,6-7,10,12,15H,5,8-9,14H2,1H3. The van der Waals surface area contributed by atoms with Gasteiger partial charge in [0.25, 0.3) is 0 Å². The van der Waals surface area contributed by atoms with E-state index in [2.05, 4.69) is 19.1 Å². The Balaban J connectivity index is 2.18. The van der Waals surface area contributed by atoms with Crippen molar-refractivity contribution in [2.24, 2.45) is 11.7 Å². The zero-order valence-corrected chi connectivity index (χ0v) is 9.19. The highest BCUT2D eigenvalue weighted by Crippen LogP contribution is 2.41. The molecule has 0 radical (unpaired) electrons. The molecule has 0 aliphatic heterocycles. The number of aliphatic hydroxyl groups is 1. The molecule has 0 bridgehead atoms. The van der Waals surface area contributed by atoms with Gasteiger partial charge in [-0.1, -0.05) is 37.3 Å². The van der Waals surface area contributed by atoms with Crippen molar-refractivity contribution in [2.75, 3.05) is 0 Å². The van der Waals surface area contributed by atoms with Crippen LogP contribution in [0.1, 0.15) is 37.7 Å². The highest BCUT2D eigenvalue weighted by molar-refractivity contribution is 5.21. The van der Waals surface area contributed by atoms with E-state index in [0.29, 0.717) is 5.92 Å². The van der Waals surface area contributed by atoms with Crippen molar-refractivity contribution in [1.82, 2.24) is 0 Å². The quantitative estimate of drug-likeness (QED) is 0.727. The van der Waals surface area contributed by atoms with Gasteiger partial charge >= 0.3 is 0 Å². The maximum Gasteiger partial charge on any atom is 0.116 e. The van der Waals surface area contributed by atoms with Crippen LogP contribution < -0.4 is 5.73 Å². The molecule has 82 valence electrons. The summed E-state index contributed by atoms with van der Waals surface area (Å²) < 4.78 is 0. The van der Waals surface area contributed by atoms with E-state index in [1.165, 1.54) is 5.56 Å². The summed E-state index contributed by atoms with van der Waals surface area (Å²) in [5.41, 5.74) is 6.22. The van der Waals surface area contributed by atoms with Crippen LogP contribution in [0.4, 0.5) is 0 Å². The van der Waals surface area contributed by atoms with E-state index in [9.17, 15) is 5.11 Å². The first-order chi connectivity index (χ1) is 7.11. The van der Waals surface area contributed by atoms with Gasteiger partial charge in [0, 0.05) is 5.92 Å². The topological polar surface area (TPSA) is 46.2 Å². The van der Waals surface area contributed by atoms with Crippen LogP contribution in [-0.4, -0.2) is 10.8 Å². The van der Waals surface area contributed by atoms with Crippen LogP contribution in [-0.2, 0) is 0 Å². The lowest BCUT2D eigenvalue weighted by atomic mass is 9.82. The maximum atomic E-state index is 10.1. The Bertz CT molecular complexity index is 321. The molecule has 0 amide bonds. The minimum absolute atomic E-state index is 0.194. The van der Waals surface area contributed by atoms with Crippen molar-refractivity contribution in [3.8, 4) is 0 Å². The summed E-state index contributed by atoms with van der Waals surface area (Å²) in [5.74, 6) is 0.531. The monoisotopic (exact) mass is 205 g/mol. The summed E-state index contributed by atoms with van der Waals surface area (Å²) >= 11 is 0. The van der Waals surface area contributed by atoms with Crippen LogP contribution in [0.15, 0.2) is 30.3 Å². The number of hydrogen-bond donors (Lipinski definition) is 2. The molecule has 1 aliphatic rings. The van der Waals surface area contributed by atoms with Crippen molar-refractivity contribution >= 4 is 0 Å². The fourth-order valence-corrected chi connectivity index (χ4v) is 2.71. The second-order valence-corrected chi connectivity index (χ2v) is 4.69. The molecule has 3 unspecified atom stereocenters. The zero-order valence-electron chi connectivity index (χ0n) is 9.19. The predicted molar refractivity (Wildman–Crippen MR) is 61.3 cm³/mol. The molecule has 0 spiro atoms. The molecule has 0 heterocycles. The third-order valence-corrected chi connectivity index (χ3v) is 3.66. The van der Waals surface area contributed by atoms with E-state index in [-0.39, 0.29) is 5.92 Å². The van der Waals surface area contributed by atoms with Crippen molar-refractivity contribution in [1.29, 1.82) is 0 Å². The molecule has 2 rings (SSSR count). The minimum atomic E-state index is -0.963. The van der Waals surface area contributed by atoms with Gasteiger partial charge in [0.15, 0.2) is 0 Å². The molecule has 1 fully saturated rings. The number of hydrogen-bond acceptors (Lipinski definition) is 2. The summed E-state index contributed by atoms with van der Waals surface area (Å²) in [7, 11) is 0. The highest BCUT2D eigenvalue weighted by Gasteiger charge is 2.40. The lowest BCUT2D eigenvalue weighted by molar-refractivity contribution is 0.000103. The van der Waals surface area contributed by atoms with Crippen LogP contribution in [0, 0.1) is 5.92 Å². The fraction of sp³-hybridized carbons (Fsp3) is 0.538. The minimum Gasteiger partial charge on any atom is -0.376 e. The van der Waals surface area contributed by atoms with E-state index in [4.69, 9.17) is 5.73 Å². The van der Waals surface area contributed by atoms with Gasteiger partial charge in [-0.15, -0.1) is 0 Å². The molecular formula is C13H19NO. The summed E-state index contributed by atoms with van der Waals surface area (Å²) in [4.78, 5) is 0. The van der Waals surface area contributed by atoms with Crippen LogP contribution in [0.25, 0.3) is 0 Å². The first-order valence-electron chi connectivity index (χ1n) is 5.67. The Morgan fingerprint density at radius 3 is 2.60 bits per heavy atom. The maximum absolute atomic E-state index is 10.1. The van der Waals surface area contributed by atoms with Gasteiger partial charge in [-0.25, -0.2) is 0 Å². The van der Waals surface area contributed by atoms with Crippen molar-refractivity contribution in [3.05, 3.63) is 35.9 Å². The van der Waals surface area contributed by atoms with Gasteiger partial charge in [-0.2, -0.15) is 0 Å².